The van der Waals surface area contributed by atoms with Crippen molar-refractivity contribution in [2.24, 2.45) is 0 Å². The van der Waals surface area contributed by atoms with E-state index in [-0.39, 0.29) is 12.5 Å². The Balaban J connectivity index is 1.47. The monoisotopic (exact) mass is 438 g/mol. The normalized spacial score (nSPS) is 11.1. The fourth-order valence-electron chi connectivity index (χ4n) is 3.29. The van der Waals surface area contributed by atoms with Crippen molar-refractivity contribution in [2.45, 2.75) is 0 Å². The Morgan fingerprint density at radius 2 is 1.69 bits per heavy atom. The molecule has 0 radical (unpaired) electrons. The molecule has 0 bridgehead atoms. The van der Waals surface area contributed by atoms with Crippen molar-refractivity contribution in [3.05, 3.63) is 107 Å². The van der Waals surface area contributed by atoms with Gasteiger partial charge < -0.3 is 10.1 Å². The molecule has 0 saturated carbocycles. The first kappa shape index (κ1) is 21.2. The molecular weight excluding hydrogens is 420 g/mol. The zero-order valence-electron chi connectivity index (χ0n) is 17.1. The third-order valence-electron chi connectivity index (χ3n) is 4.86. The molecule has 0 atom stereocenters. The molecule has 0 aliphatic rings. The minimum atomic E-state index is -0.278. The molecule has 4 aromatic carbocycles. The minimum Gasteiger partial charge on any atom is -0.482 e. The molecule has 1 amide bonds. The lowest BCUT2D eigenvalue weighted by atomic mass is 10.00. The van der Waals surface area contributed by atoms with Gasteiger partial charge >= 0.3 is 0 Å². The Labute approximate surface area is 191 Å². The number of hydrogen-bond acceptors (Lipinski definition) is 3. The van der Waals surface area contributed by atoms with Crippen LogP contribution in [0.4, 0.5) is 5.69 Å². The number of fused-ring (bicyclic) bond motifs is 1. The fraction of sp³-hybridized carbons (Fsp3) is 0.0370. The summed E-state index contributed by atoms with van der Waals surface area (Å²) < 4.78 is 5.56. The van der Waals surface area contributed by atoms with Crippen molar-refractivity contribution < 1.29 is 9.53 Å². The molecule has 156 valence electrons. The number of para-hydroxylation sites is 1. The van der Waals surface area contributed by atoms with Gasteiger partial charge in [0.25, 0.3) is 5.91 Å². The third kappa shape index (κ3) is 5.15. The highest BCUT2D eigenvalue weighted by atomic mass is 35.5. The lowest BCUT2D eigenvalue weighted by Crippen LogP contribution is -2.20. The van der Waals surface area contributed by atoms with Crippen LogP contribution in [0.2, 0.25) is 5.02 Å². The highest BCUT2D eigenvalue weighted by Gasteiger charge is 2.08. The Kier molecular flexibility index (Phi) is 6.50. The van der Waals surface area contributed by atoms with Crippen LogP contribution < -0.4 is 10.1 Å². The molecule has 4 aromatic rings. The molecule has 4 rings (SSSR count). The van der Waals surface area contributed by atoms with Crippen LogP contribution in [-0.2, 0) is 4.79 Å². The molecule has 0 heterocycles. The van der Waals surface area contributed by atoms with E-state index in [0.717, 1.165) is 21.9 Å². The molecule has 0 unspecified atom stereocenters. The van der Waals surface area contributed by atoms with Gasteiger partial charge in [0, 0.05) is 5.69 Å². The molecular formula is C27H19ClN2O2. The van der Waals surface area contributed by atoms with E-state index >= 15 is 0 Å². The number of rotatable bonds is 6. The van der Waals surface area contributed by atoms with Gasteiger partial charge in [0.2, 0.25) is 0 Å². The number of nitrogens with zero attached hydrogens (tertiary/aromatic N) is 1. The molecule has 0 aliphatic carbocycles. The van der Waals surface area contributed by atoms with E-state index in [1.165, 1.54) is 0 Å². The second kappa shape index (κ2) is 9.82. The molecule has 0 saturated heterocycles. The van der Waals surface area contributed by atoms with Gasteiger partial charge in [-0.15, -0.1) is 0 Å². The molecule has 4 nitrogen and oxygen atoms in total. The van der Waals surface area contributed by atoms with Gasteiger partial charge in [0.15, 0.2) is 6.61 Å². The SMILES string of the molecule is N#C/C(=C/c1ccc(OCC(=O)Nc2ccccc2)c(Cl)c1)c1ccc2ccccc2c1. The number of hydrogen-bond donors (Lipinski definition) is 1. The fourth-order valence-corrected chi connectivity index (χ4v) is 3.53. The zero-order valence-corrected chi connectivity index (χ0v) is 17.8. The van der Waals surface area contributed by atoms with Crippen molar-refractivity contribution in [1.29, 1.82) is 5.26 Å². The van der Waals surface area contributed by atoms with E-state index in [9.17, 15) is 10.1 Å². The molecule has 5 heteroatoms. The standard InChI is InChI=1S/C27H19ClN2O2/c28-25-15-19(10-13-26(25)32-18-27(31)30-24-8-2-1-3-9-24)14-23(17-29)22-12-11-20-6-4-5-7-21(20)16-22/h1-16H,18H2,(H,30,31)/b23-14-. The second-order valence-electron chi connectivity index (χ2n) is 7.12. The first-order chi connectivity index (χ1) is 15.6. The summed E-state index contributed by atoms with van der Waals surface area (Å²) in [6, 6.07) is 30.6. The van der Waals surface area contributed by atoms with Crippen molar-refractivity contribution >= 4 is 45.6 Å². The molecule has 0 fully saturated rings. The van der Waals surface area contributed by atoms with Crippen molar-refractivity contribution in [3.8, 4) is 11.8 Å². The van der Waals surface area contributed by atoms with Crippen LogP contribution in [0.25, 0.3) is 22.4 Å². The van der Waals surface area contributed by atoms with Gasteiger partial charge in [-0.05, 0) is 58.3 Å². The number of amides is 1. The Hall–Kier alpha value is -4.07. The second-order valence-corrected chi connectivity index (χ2v) is 7.53. The molecule has 0 spiro atoms. The van der Waals surface area contributed by atoms with E-state index in [2.05, 4.69) is 11.4 Å². The topological polar surface area (TPSA) is 62.1 Å². The summed E-state index contributed by atoms with van der Waals surface area (Å²) in [5, 5.41) is 15.0. The molecule has 0 aromatic heterocycles. The van der Waals surface area contributed by atoms with Crippen molar-refractivity contribution in [1.82, 2.24) is 0 Å². The summed E-state index contributed by atoms with van der Waals surface area (Å²) in [7, 11) is 0. The first-order valence-electron chi connectivity index (χ1n) is 10.0. The average molecular weight is 439 g/mol. The van der Waals surface area contributed by atoms with E-state index in [0.29, 0.717) is 22.0 Å². The van der Waals surface area contributed by atoms with E-state index in [4.69, 9.17) is 16.3 Å². The van der Waals surface area contributed by atoms with Crippen molar-refractivity contribution in [2.75, 3.05) is 11.9 Å². The molecule has 32 heavy (non-hydrogen) atoms. The van der Waals surface area contributed by atoms with E-state index in [1.807, 2.05) is 60.7 Å². The highest BCUT2D eigenvalue weighted by Crippen LogP contribution is 2.28. The summed E-state index contributed by atoms with van der Waals surface area (Å²) in [6.07, 6.45) is 1.78. The summed E-state index contributed by atoms with van der Waals surface area (Å²) in [5.74, 6) is 0.121. The van der Waals surface area contributed by atoms with Crippen LogP contribution in [0.15, 0.2) is 91.0 Å². The number of halogens is 1. The zero-order chi connectivity index (χ0) is 22.3. The predicted molar refractivity (Wildman–Crippen MR) is 129 cm³/mol. The predicted octanol–water partition coefficient (Wildman–Crippen LogP) is 6.57. The smallest absolute Gasteiger partial charge is 0.262 e. The van der Waals surface area contributed by atoms with Gasteiger partial charge in [-0.3, -0.25) is 4.79 Å². The number of nitriles is 1. The molecule has 1 N–H and O–H groups in total. The Morgan fingerprint density at radius 1 is 0.938 bits per heavy atom. The van der Waals surface area contributed by atoms with Crippen LogP contribution in [0.3, 0.4) is 0 Å². The largest absolute Gasteiger partial charge is 0.482 e. The number of carbonyl (C=O) groups is 1. The number of anilines is 1. The number of benzene rings is 4. The maximum absolute atomic E-state index is 12.1. The lowest BCUT2D eigenvalue weighted by Gasteiger charge is -2.09. The number of allylic oxidation sites excluding steroid dienone is 1. The van der Waals surface area contributed by atoms with E-state index in [1.54, 1.807) is 36.4 Å². The van der Waals surface area contributed by atoms with Gasteiger partial charge in [-0.2, -0.15) is 5.26 Å². The van der Waals surface area contributed by atoms with Gasteiger partial charge in [0.1, 0.15) is 5.75 Å². The summed E-state index contributed by atoms with van der Waals surface area (Å²) in [6.45, 7) is -0.162. The highest BCUT2D eigenvalue weighted by molar-refractivity contribution is 6.32. The summed E-state index contributed by atoms with van der Waals surface area (Å²) >= 11 is 6.35. The van der Waals surface area contributed by atoms with Gasteiger partial charge in [0.05, 0.1) is 16.7 Å². The maximum atomic E-state index is 12.1. The quantitative estimate of drug-likeness (QED) is 0.273. The van der Waals surface area contributed by atoms with Crippen LogP contribution in [0.1, 0.15) is 11.1 Å². The Morgan fingerprint density at radius 3 is 2.44 bits per heavy atom. The number of nitrogens with one attached hydrogen (secondary N) is 1. The molecule has 0 aliphatic heterocycles. The van der Waals surface area contributed by atoms with Crippen LogP contribution >= 0.6 is 11.6 Å². The van der Waals surface area contributed by atoms with Gasteiger partial charge in [-0.25, -0.2) is 0 Å². The summed E-state index contributed by atoms with van der Waals surface area (Å²) in [5.41, 5.74) is 2.83. The maximum Gasteiger partial charge on any atom is 0.262 e. The van der Waals surface area contributed by atoms with Crippen LogP contribution in [0.5, 0.6) is 5.75 Å². The lowest BCUT2D eigenvalue weighted by molar-refractivity contribution is -0.118. The van der Waals surface area contributed by atoms with Gasteiger partial charge in [-0.1, -0.05) is 72.3 Å². The number of carbonyl (C=O) groups excluding carboxylic acids is 1. The van der Waals surface area contributed by atoms with Crippen LogP contribution in [-0.4, -0.2) is 12.5 Å². The van der Waals surface area contributed by atoms with E-state index < -0.39 is 0 Å². The third-order valence-corrected chi connectivity index (χ3v) is 5.16. The average Bonchev–Trinajstić information content (AvgIpc) is 2.82. The van der Waals surface area contributed by atoms with Crippen molar-refractivity contribution in [3.63, 3.8) is 0 Å². The Bertz CT molecular complexity index is 1340. The summed E-state index contributed by atoms with van der Waals surface area (Å²) in [4.78, 5) is 12.1. The number of ether oxygens (including phenoxy) is 1. The first-order valence-corrected chi connectivity index (χ1v) is 10.4. The minimum absolute atomic E-state index is 0.162. The van der Waals surface area contributed by atoms with Crippen LogP contribution in [0, 0.1) is 11.3 Å².